The van der Waals surface area contributed by atoms with Crippen LogP contribution in [-0.4, -0.2) is 40.1 Å². The Morgan fingerprint density at radius 3 is 2.59 bits per heavy atom. The number of tetrazole rings is 1. The number of aromatic amines is 2. The van der Waals surface area contributed by atoms with E-state index in [1.807, 2.05) is 28.8 Å². The normalized spacial score (nSPS) is 11.3. The van der Waals surface area contributed by atoms with Gasteiger partial charge in [0.2, 0.25) is 5.82 Å². The maximum Gasteiger partial charge on any atom is 0.276 e. The van der Waals surface area contributed by atoms with Crippen LogP contribution >= 0.6 is 0 Å². The Kier molecular flexibility index (Phi) is 5.29. The number of hydrogen-bond donors (Lipinski definition) is 2. The van der Waals surface area contributed by atoms with Gasteiger partial charge in [0.15, 0.2) is 11.2 Å². The summed E-state index contributed by atoms with van der Waals surface area (Å²) < 4.78 is 1.99. The molecule has 0 spiro atoms. The Labute approximate surface area is 183 Å². The lowest BCUT2D eigenvalue weighted by Gasteiger charge is -2.11. The van der Waals surface area contributed by atoms with Crippen molar-refractivity contribution in [3.63, 3.8) is 0 Å². The average Bonchev–Trinajstić information content (AvgIpc) is 3.47. The number of unbranched alkanes of at least 4 members (excludes halogenated alkanes) is 1. The minimum Gasteiger partial charge on any atom is -0.318 e. The summed E-state index contributed by atoms with van der Waals surface area (Å²) in [6, 6.07) is 16.2. The highest BCUT2D eigenvalue weighted by molar-refractivity contribution is 5.80. The number of rotatable bonds is 7. The fraction of sp³-hybridized carbons (Fsp3) is 0.217. The molecule has 2 N–H and O–H groups in total. The molecule has 0 saturated heterocycles. The highest BCUT2D eigenvalue weighted by Gasteiger charge is 2.15. The molecule has 0 aliphatic heterocycles. The van der Waals surface area contributed by atoms with E-state index in [1.165, 1.54) is 6.33 Å². The highest BCUT2D eigenvalue weighted by Crippen LogP contribution is 2.30. The van der Waals surface area contributed by atoms with Crippen LogP contribution in [0.4, 0.5) is 0 Å². The zero-order valence-corrected chi connectivity index (χ0v) is 17.6. The van der Waals surface area contributed by atoms with Crippen LogP contribution in [0, 0.1) is 0 Å². The van der Waals surface area contributed by atoms with Gasteiger partial charge in [-0.15, -0.1) is 10.2 Å². The van der Waals surface area contributed by atoms with Gasteiger partial charge in [0, 0.05) is 18.5 Å². The van der Waals surface area contributed by atoms with Crippen molar-refractivity contribution < 1.29 is 0 Å². The first-order chi connectivity index (χ1) is 15.7. The van der Waals surface area contributed by atoms with Gasteiger partial charge in [0.25, 0.3) is 5.56 Å². The third-order valence-electron chi connectivity index (χ3n) is 5.50. The van der Waals surface area contributed by atoms with Crippen LogP contribution in [0.25, 0.3) is 33.7 Å². The second kappa shape index (κ2) is 8.54. The van der Waals surface area contributed by atoms with Gasteiger partial charge in [0.05, 0.1) is 6.33 Å². The van der Waals surface area contributed by atoms with Crippen LogP contribution in [0.5, 0.6) is 0 Å². The summed E-state index contributed by atoms with van der Waals surface area (Å²) in [6.07, 6.45) is 4.28. The van der Waals surface area contributed by atoms with E-state index in [-0.39, 0.29) is 5.56 Å². The molecule has 0 atom stereocenters. The molecule has 0 fully saturated rings. The molecule has 3 heterocycles. The van der Waals surface area contributed by atoms with E-state index in [1.54, 1.807) is 0 Å². The van der Waals surface area contributed by atoms with Crippen molar-refractivity contribution in [1.82, 2.24) is 40.1 Å². The first kappa shape index (κ1) is 19.8. The number of nitrogens with one attached hydrogen (secondary N) is 2. The molecule has 9 nitrogen and oxygen atoms in total. The van der Waals surface area contributed by atoms with Gasteiger partial charge in [-0.2, -0.15) is 5.21 Å². The molecule has 2 aromatic carbocycles. The minimum absolute atomic E-state index is 0.170. The number of H-pyrrole nitrogens is 2. The maximum atomic E-state index is 12.5. The molecule has 3 aromatic heterocycles. The summed E-state index contributed by atoms with van der Waals surface area (Å²) in [4.78, 5) is 24.0. The lowest BCUT2D eigenvalue weighted by molar-refractivity contribution is 0.688. The summed E-state index contributed by atoms with van der Waals surface area (Å²) in [6.45, 7) is 2.69. The summed E-state index contributed by atoms with van der Waals surface area (Å²) in [5.41, 5.74) is 4.90. The van der Waals surface area contributed by atoms with E-state index in [0.717, 1.165) is 47.3 Å². The molecule has 160 valence electrons. The second-order valence-corrected chi connectivity index (χ2v) is 7.60. The van der Waals surface area contributed by atoms with Crippen LogP contribution in [0.15, 0.2) is 59.7 Å². The number of hydrogen-bond acceptors (Lipinski definition) is 6. The van der Waals surface area contributed by atoms with Crippen molar-refractivity contribution in [2.24, 2.45) is 0 Å². The van der Waals surface area contributed by atoms with Gasteiger partial charge in [0.1, 0.15) is 5.82 Å². The standard InChI is InChI=1S/C23H22N8O/c1-2-3-8-19-26-22-20(23(32)25-14-24-22)31(19)13-15-9-11-16(12-10-15)17-6-4-5-7-18(17)21-27-29-30-28-21/h4-7,9-12,14H,2-3,8,13H2,1H3,(H,24,25,32)(H,27,28,29,30). The number of aryl methyl sites for hydroxylation is 1. The number of aromatic nitrogens is 8. The lowest BCUT2D eigenvalue weighted by Crippen LogP contribution is -2.13. The lowest BCUT2D eigenvalue weighted by atomic mass is 9.98. The van der Waals surface area contributed by atoms with Crippen LogP contribution in [-0.2, 0) is 13.0 Å². The van der Waals surface area contributed by atoms with Crippen molar-refractivity contribution in [1.29, 1.82) is 0 Å². The molecule has 0 unspecified atom stereocenters. The number of fused-ring (bicyclic) bond motifs is 1. The predicted octanol–water partition coefficient (Wildman–Crippen LogP) is 3.36. The molecule has 5 rings (SSSR count). The Morgan fingerprint density at radius 1 is 1.03 bits per heavy atom. The SMILES string of the molecule is CCCCc1nc2nc[nH]c(=O)c2n1Cc1ccc(-c2ccccc2-c2nn[nH]n2)cc1. The zero-order valence-electron chi connectivity index (χ0n) is 17.6. The van der Waals surface area contributed by atoms with E-state index < -0.39 is 0 Å². The largest absolute Gasteiger partial charge is 0.318 e. The zero-order chi connectivity index (χ0) is 21.9. The van der Waals surface area contributed by atoms with Gasteiger partial charge < -0.3 is 9.55 Å². The molecule has 0 radical (unpaired) electrons. The minimum atomic E-state index is -0.170. The monoisotopic (exact) mass is 426 g/mol. The molecule has 0 saturated carbocycles. The molecule has 5 aromatic rings. The van der Waals surface area contributed by atoms with Crippen molar-refractivity contribution in [3.8, 4) is 22.5 Å². The topological polar surface area (TPSA) is 118 Å². The van der Waals surface area contributed by atoms with Gasteiger partial charge in [-0.3, -0.25) is 4.79 Å². The van der Waals surface area contributed by atoms with Crippen molar-refractivity contribution in [3.05, 3.63) is 76.6 Å². The fourth-order valence-corrected chi connectivity index (χ4v) is 3.89. The fourth-order valence-electron chi connectivity index (χ4n) is 3.89. The van der Waals surface area contributed by atoms with Crippen molar-refractivity contribution >= 4 is 11.2 Å². The van der Waals surface area contributed by atoms with Gasteiger partial charge in [-0.25, -0.2) is 9.97 Å². The highest BCUT2D eigenvalue weighted by atomic mass is 16.1. The van der Waals surface area contributed by atoms with Crippen LogP contribution in [0.2, 0.25) is 0 Å². The molecular weight excluding hydrogens is 404 g/mol. The number of benzene rings is 2. The molecule has 0 bridgehead atoms. The van der Waals surface area contributed by atoms with E-state index in [9.17, 15) is 4.79 Å². The van der Waals surface area contributed by atoms with E-state index in [0.29, 0.717) is 23.5 Å². The van der Waals surface area contributed by atoms with Crippen LogP contribution < -0.4 is 5.56 Å². The van der Waals surface area contributed by atoms with Crippen LogP contribution in [0.1, 0.15) is 31.2 Å². The summed E-state index contributed by atoms with van der Waals surface area (Å²) in [7, 11) is 0. The molecular formula is C23H22N8O. The molecule has 32 heavy (non-hydrogen) atoms. The van der Waals surface area contributed by atoms with E-state index in [2.05, 4.69) is 66.8 Å². The third kappa shape index (κ3) is 3.68. The molecule has 0 aliphatic rings. The quantitative estimate of drug-likeness (QED) is 0.412. The van der Waals surface area contributed by atoms with E-state index >= 15 is 0 Å². The van der Waals surface area contributed by atoms with Crippen molar-refractivity contribution in [2.45, 2.75) is 32.7 Å². The van der Waals surface area contributed by atoms with Gasteiger partial charge in [-0.05, 0) is 28.3 Å². The van der Waals surface area contributed by atoms with Gasteiger partial charge >= 0.3 is 0 Å². The smallest absolute Gasteiger partial charge is 0.276 e. The Bertz CT molecular complexity index is 1400. The Hall–Kier alpha value is -4.14. The maximum absolute atomic E-state index is 12.5. The predicted molar refractivity (Wildman–Crippen MR) is 121 cm³/mol. The van der Waals surface area contributed by atoms with Crippen molar-refractivity contribution in [2.75, 3.05) is 0 Å². The summed E-state index contributed by atoms with van der Waals surface area (Å²) >= 11 is 0. The second-order valence-electron chi connectivity index (χ2n) is 7.60. The van der Waals surface area contributed by atoms with Crippen LogP contribution in [0.3, 0.4) is 0 Å². The Morgan fingerprint density at radius 2 is 1.84 bits per heavy atom. The average molecular weight is 426 g/mol. The summed E-state index contributed by atoms with van der Waals surface area (Å²) in [5, 5.41) is 14.4. The molecule has 0 aliphatic carbocycles. The van der Waals surface area contributed by atoms with E-state index in [4.69, 9.17) is 0 Å². The number of imidazole rings is 1. The first-order valence-corrected chi connectivity index (χ1v) is 10.6. The number of nitrogens with zero attached hydrogens (tertiary/aromatic N) is 6. The first-order valence-electron chi connectivity index (χ1n) is 10.6. The Balaban J connectivity index is 1.49. The molecule has 9 heteroatoms. The molecule has 0 amide bonds. The summed E-state index contributed by atoms with van der Waals surface area (Å²) in [5.74, 6) is 1.44. The van der Waals surface area contributed by atoms with Gasteiger partial charge in [-0.1, -0.05) is 61.9 Å². The third-order valence-corrected chi connectivity index (χ3v) is 5.50.